The summed E-state index contributed by atoms with van der Waals surface area (Å²) in [6.45, 7) is 6.80. The molecule has 2 amide bonds. The van der Waals surface area contributed by atoms with E-state index in [1.807, 2.05) is 13.8 Å². The zero-order valence-electron chi connectivity index (χ0n) is 13.6. The number of amides is 2. The van der Waals surface area contributed by atoms with Gasteiger partial charge in [0.1, 0.15) is 6.54 Å². The molecule has 2 rings (SSSR count). The highest BCUT2D eigenvalue weighted by Crippen LogP contribution is 2.12. The van der Waals surface area contributed by atoms with Crippen molar-refractivity contribution in [2.75, 3.05) is 18.4 Å². The third kappa shape index (κ3) is 5.49. The molecule has 0 aromatic carbocycles. The third-order valence-corrected chi connectivity index (χ3v) is 3.38. The van der Waals surface area contributed by atoms with Crippen LogP contribution in [-0.2, 0) is 20.9 Å². The Morgan fingerprint density at radius 2 is 2.04 bits per heavy atom. The molecule has 0 spiro atoms. The maximum absolute atomic E-state index is 12.3. The summed E-state index contributed by atoms with van der Waals surface area (Å²) in [5, 5.41) is 6.72. The summed E-state index contributed by atoms with van der Waals surface area (Å²) in [4.78, 5) is 25.6. The minimum Gasteiger partial charge on any atom is -0.372 e. The van der Waals surface area contributed by atoms with Gasteiger partial charge in [0.25, 0.3) is 0 Å². The second-order valence-corrected chi connectivity index (χ2v) is 5.76. The van der Waals surface area contributed by atoms with E-state index in [0.717, 1.165) is 0 Å². The van der Waals surface area contributed by atoms with E-state index in [-0.39, 0.29) is 43.0 Å². The van der Waals surface area contributed by atoms with Crippen molar-refractivity contribution in [1.29, 1.82) is 0 Å². The topological polar surface area (TPSA) is 102 Å². The van der Waals surface area contributed by atoms with E-state index in [4.69, 9.17) is 10.5 Å². The maximum Gasteiger partial charge on any atom is 0.244 e. The van der Waals surface area contributed by atoms with Gasteiger partial charge in [-0.05, 0) is 20.8 Å². The third-order valence-electron chi connectivity index (χ3n) is 3.38. The van der Waals surface area contributed by atoms with E-state index in [0.29, 0.717) is 18.8 Å². The summed E-state index contributed by atoms with van der Waals surface area (Å²) < 4.78 is 7.12. The van der Waals surface area contributed by atoms with Crippen LogP contribution in [0.3, 0.4) is 0 Å². The van der Waals surface area contributed by atoms with Gasteiger partial charge in [-0.2, -0.15) is 5.10 Å². The fourth-order valence-electron chi connectivity index (χ4n) is 2.39. The first-order chi connectivity index (χ1) is 10.3. The first kappa shape index (κ1) is 19.4. The summed E-state index contributed by atoms with van der Waals surface area (Å²) in [5.74, 6) is -0.308. The van der Waals surface area contributed by atoms with Crippen LogP contribution in [-0.4, -0.2) is 57.8 Å². The molecule has 3 N–H and O–H groups in total. The minimum absolute atomic E-state index is 0. The molecule has 0 bridgehead atoms. The molecule has 0 radical (unpaired) electrons. The highest BCUT2D eigenvalue weighted by molar-refractivity contribution is 5.94. The van der Waals surface area contributed by atoms with Crippen LogP contribution >= 0.6 is 12.4 Å². The van der Waals surface area contributed by atoms with Crippen molar-refractivity contribution in [1.82, 2.24) is 14.7 Å². The quantitative estimate of drug-likeness (QED) is 0.813. The van der Waals surface area contributed by atoms with Gasteiger partial charge in [-0.15, -0.1) is 12.4 Å². The molecular formula is C14H24ClN5O3. The maximum atomic E-state index is 12.3. The molecule has 1 aromatic heterocycles. The summed E-state index contributed by atoms with van der Waals surface area (Å²) in [5.41, 5.74) is 6.01. The molecule has 2 heterocycles. The summed E-state index contributed by atoms with van der Waals surface area (Å²) in [7, 11) is 0. The zero-order chi connectivity index (χ0) is 16.3. The number of nitrogens with zero attached hydrogens (tertiary/aromatic N) is 3. The van der Waals surface area contributed by atoms with Crippen LogP contribution < -0.4 is 11.1 Å². The molecule has 1 saturated heterocycles. The number of nitrogens with two attached hydrogens (primary N) is 1. The Balaban J connectivity index is 0.00000264. The summed E-state index contributed by atoms with van der Waals surface area (Å²) >= 11 is 0. The number of halogens is 1. The highest BCUT2D eigenvalue weighted by Gasteiger charge is 2.26. The summed E-state index contributed by atoms with van der Waals surface area (Å²) in [6.07, 6.45) is 3.18. The lowest BCUT2D eigenvalue weighted by Crippen LogP contribution is -2.49. The Morgan fingerprint density at radius 3 is 2.61 bits per heavy atom. The molecule has 2 unspecified atom stereocenters. The predicted octanol–water partition coefficient (Wildman–Crippen LogP) is 0.226. The van der Waals surface area contributed by atoms with Crippen molar-refractivity contribution in [2.45, 2.75) is 45.6 Å². The van der Waals surface area contributed by atoms with Crippen LogP contribution in [0.25, 0.3) is 0 Å². The largest absolute Gasteiger partial charge is 0.372 e. The van der Waals surface area contributed by atoms with E-state index in [1.54, 1.807) is 18.0 Å². The van der Waals surface area contributed by atoms with Gasteiger partial charge in [0.2, 0.25) is 11.8 Å². The lowest BCUT2D eigenvalue weighted by atomic mass is 10.2. The first-order valence-electron chi connectivity index (χ1n) is 7.37. The van der Waals surface area contributed by atoms with Crippen LogP contribution in [0, 0.1) is 0 Å². The number of hydrogen-bond donors (Lipinski definition) is 2. The Labute approximate surface area is 141 Å². The van der Waals surface area contributed by atoms with Gasteiger partial charge >= 0.3 is 0 Å². The molecule has 1 aliphatic heterocycles. The van der Waals surface area contributed by atoms with Gasteiger partial charge in [-0.25, -0.2) is 0 Å². The average molecular weight is 346 g/mol. The van der Waals surface area contributed by atoms with E-state index < -0.39 is 6.04 Å². The van der Waals surface area contributed by atoms with Gasteiger partial charge in [0.15, 0.2) is 0 Å². The molecule has 0 saturated carbocycles. The number of nitrogens with one attached hydrogen (secondary N) is 1. The molecule has 3 atom stereocenters. The smallest absolute Gasteiger partial charge is 0.244 e. The van der Waals surface area contributed by atoms with Crippen LogP contribution in [0.2, 0.25) is 0 Å². The number of carbonyl (C=O) groups is 2. The molecule has 8 nitrogen and oxygen atoms in total. The van der Waals surface area contributed by atoms with Crippen molar-refractivity contribution >= 4 is 29.9 Å². The van der Waals surface area contributed by atoms with Crippen LogP contribution in [0.1, 0.15) is 20.8 Å². The van der Waals surface area contributed by atoms with Crippen molar-refractivity contribution in [2.24, 2.45) is 5.73 Å². The number of carbonyl (C=O) groups excluding carboxylic acids is 2. The predicted molar refractivity (Wildman–Crippen MR) is 88.3 cm³/mol. The monoisotopic (exact) mass is 345 g/mol. The molecule has 23 heavy (non-hydrogen) atoms. The number of rotatable bonds is 4. The molecule has 0 aliphatic carbocycles. The zero-order valence-corrected chi connectivity index (χ0v) is 14.4. The number of ether oxygens (including phenoxy) is 1. The van der Waals surface area contributed by atoms with Crippen molar-refractivity contribution < 1.29 is 14.3 Å². The van der Waals surface area contributed by atoms with Crippen LogP contribution in [0.4, 0.5) is 5.69 Å². The minimum atomic E-state index is -0.596. The van der Waals surface area contributed by atoms with Crippen LogP contribution in [0.15, 0.2) is 12.4 Å². The van der Waals surface area contributed by atoms with E-state index in [2.05, 4.69) is 10.4 Å². The van der Waals surface area contributed by atoms with Gasteiger partial charge in [0, 0.05) is 19.3 Å². The molecule has 130 valence electrons. The lowest BCUT2D eigenvalue weighted by molar-refractivity contribution is -0.144. The fraction of sp³-hybridized carbons (Fsp3) is 0.643. The lowest BCUT2D eigenvalue weighted by Gasteiger charge is -2.35. The van der Waals surface area contributed by atoms with Gasteiger partial charge in [-0.1, -0.05) is 0 Å². The second-order valence-electron chi connectivity index (χ2n) is 5.76. The average Bonchev–Trinajstić information content (AvgIpc) is 2.84. The highest BCUT2D eigenvalue weighted by atomic mass is 35.5. The molecule has 1 aliphatic rings. The van der Waals surface area contributed by atoms with Gasteiger partial charge in [0.05, 0.1) is 30.1 Å². The molecule has 1 fully saturated rings. The molecule has 9 heteroatoms. The molecule has 1 aromatic rings. The van der Waals surface area contributed by atoms with Crippen molar-refractivity contribution in [3.8, 4) is 0 Å². The molecular weight excluding hydrogens is 322 g/mol. The van der Waals surface area contributed by atoms with Gasteiger partial charge < -0.3 is 20.7 Å². The Kier molecular flexibility index (Phi) is 6.99. The van der Waals surface area contributed by atoms with Crippen molar-refractivity contribution in [3.63, 3.8) is 0 Å². The SMILES string of the molecule is CC1CN(C(=O)Cn2cc(NC(=O)[C@H](C)N)cn2)CC(C)O1.Cl. The van der Waals surface area contributed by atoms with E-state index in [1.165, 1.54) is 10.9 Å². The van der Waals surface area contributed by atoms with Crippen LogP contribution in [0.5, 0.6) is 0 Å². The second kappa shape index (κ2) is 8.28. The fourth-order valence-corrected chi connectivity index (χ4v) is 2.39. The number of morpholine rings is 1. The number of aromatic nitrogens is 2. The van der Waals surface area contributed by atoms with Crippen molar-refractivity contribution in [3.05, 3.63) is 12.4 Å². The Morgan fingerprint density at radius 1 is 1.43 bits per heavy atom. The standard InChI is InChI=1S/C14H23N5O3.ClH/c1-9-5-18(6-10(2)22-9)13(20)8-19-7-12(4-16-19)17-14(21)11(3)15;/h4,7,9-11H,5-6,8,15H2,1-3H3,(H,17,21);1H/t9?,10?,11-;/m0./s1. The van der Waals surface area contributed by atoms with E-state index in [9.17, 15) is 9.59 Å². The first-order valence-corrected chi connectivity index (χ1v) is 7.37. The van der Waals surface area contributed by atoms with Gasteiger partial charge in [-0.3, -0.25) is 14.3 Å². The Bertz CT molecular complexity index is 538. The number of hydrogen-bond acceptors (Lipinski definition) is 5. The normalized spacial score (nSPS) is 22.2. The van der Waals surface area contributed by atoms with E-state index >= 15 is 0 Å². The summed E-state index contributed by atoms with van der Waals surface area (Å²) in [6, 6.07) is -0.596. The number of anilines is 1. The Hall–Kier alpha value is -1.64.